The van der Waals surface area contributed by atoms with Gasteiger partial charge in [0.25, 0.3) is 0 Å². The molecule has 1 fully saturated rings. The first-order valence-corrected chi connectivity index (χ1v) is 7.42. The Morgan fingerprint density at radius 1 is 1.47 bits per heavy atom. The predicted octanol–water partition coefficient (Wildman–Crippen LogP) is 2.82. The average molecular weight is 281 g/mol. The van der Waals surface area contributed by atoms with E-state index in [0.29, 0.717) is 6.61 Å². The fraction of sp³-hybridized carbons (Fsp3) is 0.538. The minimum Gasteiger partial charge on any atom is -0.449 e. The number of ether oxygens (including phenoxy) is 1. The minimum atomic E-state index is -0.522. The molecule has 104 valence electrons. The zero-order valence-electron chi connectivity index (χ0n) is 11.1. The number of amides is 1. The predicted molar refractivity (Wildman–Crippen MR) is 78.1 cm³/mol. The molecular formula is C13H19N3O2S. The maximum atomic E-state index is 11.0. The Labute approximate surface area is 117 Å². The zero-order chi connectivity index (χ0) is 13.5. The van der Waals surface area contributed by atoms with Crippen LogP contribution in [0.15, 0.2) is 17.2 Å². The van der Waals surface area contributed by atoms with Gasteiger partial charge in [-0.15, -0.1) is 11.3 Å². The molecule has 0 unspecified atom stereocenters. The fourth-order valence-electron chi connectivity index (χ4n) is 2.01. The number of nitrogens with zero attached hydrogens (tertiary/aromatic N) is 2. The standard InChI is InChI=1S/C13H19N3O2S/c1-2-18-13(17)15-14-10-11-6-7-12(19-11)16-8-4-3-5-9-16/h6-7,10H,2-5,8-9H2,1H3,(H,15,17)/b14-10-. The molecule has 1 aliphatic heterocycles. The van der Waals surface area contributed by atoms with E-state index < -0.39 is 6.09 Å². The largest absolute Gasteiger partial charge is 0.449 e. The quantitative estimate of drug-likeness (QED) is 0.682. The molecule has 0 spiro atoms. The van der Waals surface area contributed by atoms with Gasteiger partial charge in [-0.3, -0.25) is 0 Å². The third-order valence-electron chi connectivity index (χ3n) is 2.90. The van der Waals surface area contributed by atoms with Crippen molar-refractivity contribution >= 4 is 28.6 Å². The van der Waals surface area contributed by atoms with E-state index in [1.54, 1.807) is 24.5 Å². The highest BCUT2D eigenvalue weighted by molar-refractivity contribution is 7.17. The fourth-order valence-corrected chi connectivity index (χ4v) is 2.94. The van der Waals surface area contributed by atoms with Crippen molar-refractivity contribution in [2.45, 2.75) is 26.2 Å². The first-order valence-electron chi connectivity index (χ1n) is 6.60. The van der Waals surface area contributed by atoms with Gasteiger partial charge in [-0.1, -0.05) is 0 Å². The molecule has 0 aromatic carbocycles. The number of anilines is 1. The number of hydrogen-bond donors (Lipinski definition) is 1. The Kier molecular flexibility index (Phi) is 5.20. The summed E-state index contributed by atoms with van der Waals surface area (Å²) in [5.74, 6) is 0. The van der Waals surface area contributed by atoms with E-state index in [0.717, 1.165) is 18.0 Å². The van der Waals surface area contributed by atoms with Crippen LogP contribution in [0.1, 0.15) is 31.1 Å². The zero-order valence-corrected chi connectivity index (χ0v) is 11.9. The molecule has 5 nitrogen and oxygen atoms in total. The number of hydrogen-bond acceptors (Lipinski definition) is 5. The molecule has 0 bridgehead atoms. The van der Waals surface area contributed by atoms with E-state index in [-0.39, 0.29) is 0 Å². The molecule has 0 radical (unpaired) electrons. The van der Waals surface area contributed by atoms with Crippen molar-refractivity contribution < 1.29 is 9.53 Å². The van der Waals surface area contributed by atoms with Crippen molar-refractivity contribution in [2.24, 2.45) is 5.10 Å². The van der Waals surface area contributed by atoms with Crippen LogP contribution >= 0.6 is 11.3 Å². The highest BCUT2D eigenvalue weighted by atomic mass is 32.1. The number of rotatable bonds is 4. The second kappa shape index (κ2) is 7.13. The van der Waals surface area contributed by atoms with Crippen molar-refractivity contribution in [3.8, 4) is 0 Å². The molecule has 0 saturated carbocycles. The van der Waals surface area contributed by atoms with Gasteiger partial charge in [0.05, 0.1) is 17.8 Å². The molecule has 1 aliphatic rings. The molecule has 1 aromatic rings. The molecular weight excluding hydrogens is 262 g/mol. The highest BCUT2D eigenvalue weighted by Crippen LogP contribution is 2.27. The van der Waals surface area contributed by atoms with Crippen LogP contribution in [0.3, 0.4) is 0 Å². The Morgan fingerprint density at radius 3 is 3.00 bits per heavy atom. The van der Waals surface area contributed by atoms with Crippen molar-refractivity contribution in [3.05, 3.63) is 17.0 Å². The van der Waals surface area contributed by atoms with Gasteiger partial charge in [0.1, 0.15) is 0 Å². The monoisotopic (exact) mass is 281 g/mol. The summed E-state index contributed by atoms with van der Waals surface area (Å²) in [6, 6.07) is 4.13. The van der Waals surface area contributed by atoms with Crippen LogP contribution in [-0.4, -0.2) is 32.0 Å². The van der Waals surface area contributed by atoms with Gasteiger partial charge in [-0.2, -0.15) is 5.10 Å². The number of thiophene rings is 1. The van der Waals surface area contributed by atoms with Gasteiger partial charge in [-0.25, -0.2) is 10.2 Å². The number of carbonyl (C=O) groups excluding carboxylic acids is 1. The minimum absolute atomic E-state index is 0.347. The smallest absolute Gasteiger partial charge is 0.427 e. The lowest BCUT2D eigenvalue weighted by Crippen LogP contribution is -2.28. The first-order chi connectivity index (χ1) is 9.29. The van der Waals surface area contributed by atoms with Crippen LogP contribution in [0.4, 0.5) is 9.80 Å². The summed E-state index contributed by atoms with van der Waals surface area (Å²) in [7, 11) is 0. The maximum absolute atomic E-state index is 11.0. The Bertz CT molecular complexity index is 439. The van der Waals surface area contributed by atoms with Gasteiger partial charge < -0.3 is 9.64 Å². The second-order valence-electron chi connectivity index (χ2n) is 4.31. The number of nitrogens with one attached hydrogen (secondary N) is 1. The van der Waals surface area contributed by atoms with Gasteiger partial charge >= 0.3 is 6.09 Å². The van der Waals surface area contributed by atoms with Crippen molar-refractivity contribution in [1.29, 1.82) is 0 Å². The highest BCUT2D eigenvalue weighted by Gasteiger charge is 2.12. The SMILES string of the molecule is CCOC(=O)N/N=C\c1ccc(N2CCCCC2)s1. The van der Waals surface area contributed by atoms with Gasteiger partial charge in [0.15, 0.2) is 0 Å². The van der Waals surface area contributed by atoms with Crippen LogP contribution in [-0.2, 0) is 4.74 Å². The number of hydrazone groups is 1. The van der Waals surface area contributed by atoms with Crippen LogP contribution in [0, 0.1) is 0 Å². The van der Waals surface area contributed by atoms with E-state index in [4.69, 9.17) is 4.74 Å². The molecule has 1 aromatic heterocycles. The van der Waals surface area contributed by atoms with E-state index in [9.17, 15) is 4.79 Å². The molecule has 0 atom stereocenters. The molecule has 1 amide bonds. The summed E-state index contributed by atoms with van der Waals surface area (Å²) in [4.78, 5) is 14.5. The molecule has 1 N–H and O–H groups in total. The van der Waals surface area contributed by atoms with Gasteiger partial charge in [-0.05, 0) is 38.3 Å². The Morgan fingerprint density at radius 2 is 2.26 bits per heavy atom. The summed E-state index contributed by atoms with van der Waals surface area (Å²) in [5, 5.41) is 5.14. The molecule has 2 rings (SSSR count). The summed E-state index contributed by atoms with van der Waals surface area (Å²) < 4.78 is 4.71. The van der Waals surface area contributed by atoms with Crippen LogP contribution < -0.4 is 10.3 Å². The van der Waals surface area contributed by atoms with E-state index >= 15 is 0 Å². The maximum Gasteiger partial charge on any atom is 0.427 e. The van der Waals surface area contributed by atoms with Gasteiger partial charge in [0, 0.05) is 18.0 Å². The third-order valence-corrected chi connectivity index (χ3v) is 3.98. The average Bonchev–Trinajstić information content (AvgIpc) is 2.89. The normalized spacial score (nSPS) is 15.7. The van der Waals surface area contributed by atoms with Crippen LogP contribution in [0.2, 0.25) is 0 Å². The lowest BCUT2D eigenvalue weighted by atomic mass is 10.1. The molecule has 1 saturated heterocycles. The number of carbonyl (C=O) groups is 1. The Balaban J connectivity index is 1.86. The van der Waals surface area contributed by atoms with Crippen LogP contribution in [0.5, 0.6) is 0 Å². The lowest BCUT2D eigenvalue weighted by Gasteiger charge is -2.27. The first kappa shape index (κ1) is 13.9. The summed E-state index contributed by atoms with van der Waals surface area (Å²) in [6.45, 7) is 4.38. The summed E-state index contributed by atoms with van der Waals surface area (Å²) in [6.07, 6.45) is 5.00. The van der Waals surface area contributed by atoms with E-state index in [2.05, 4.69) is 21.5 Å². The Hall–Kier alpha value is -1.56. The van der Waals surface area contributed by atoms with E-state index in [1.165, 1.54) is 24.3 Å². The summed E-state index contributed by atoms with van der Waals surface area (Å²) >= 11 is 1.69. The van der Waals surface area contributed by atoms with Crippen molar-refractivity contribution in [1.82, 2.24) is 5.43 Å². The summed E-state index contributed by atoms with van der Waals surface area (Å²) in [5.41, 5.74) is 2.32. The van der Waals surface area contributed by atoms with Crippen molar-refractivity contribution in [3.63, 3.8) is 0 Å². The van der Waals surface area contributed by atoms with Crippen LogP contribution in [0.25, 0.3) is 0 Å². The topological polar surface area (TPSA) is 53.9 Å². The van der Waals surface area contributed by atoms with E-state index in [1.807, 2.05) is 6.07 Å². The number of piperidine rings is 1. The molecule has 6 heteroatoms. The lowest BCUT2D eigenvalue weighted by molar-refractivity contribution is 0.152. The second-order valence-corrected chi connectivity index (χ2v) is 5.41. The third kappa shape index (κ3) is 4.24. The van der Waals surface area contributed by atoms with Crippen molar-refractivity contribution in [2.75, 3.05) is 24.6 Å². The molecule has 0 aliphatic carbocycles. The molecule has 19 heavy (non-hydrogen) atoms. The van der Waals surface area contributed by atoms with Gasteiger partial charge in [0.2, 0.25) is 0 Å². The molecule has 2 heterocycles.